The summed E-state index contributed by atoms with van der Waals surface area (Å²) in [6, 6.07) is 15.0. The Labute approximate surface area is 135 Å². The number of amides is 1. The molecule has 21 heavy (non-hydrogen) atoms. The summed E-state index contributed by atoms with van der Waals surface area (Å²) < 4.78 is 2.94. The molecule has 1 amide bonds. The average Bonchev–Trinajstić information content (AvgIpc) is 2.83. The highest BCUT2D eigenvalue weighted by Crippen LogP contribution is 2.24. The minimum absolute atomic E-state index is 0.0882. The Morgan fingerprint density at radius 1 is 1.19 bits per heavy atom. The molecule has 1 aromatic heterocycles. The van der Waals surface area contributed by atoms with E-state index in [1.807, 2.05) is 41.1 Å². The molecule has 5 heteroatoms. The molecule has 0 atom stereocenters. The predicted molar refractivity (Wildman–Crippen MR) is 89.7 cm³/mol. The second kappa shape index (κ2) is 5.92. The minimum atomic E-state index is -0.0882. The summed E-state index contributed by atoms with van der Waals surface area (Å²) in [4.78, 5) is 12.1. The summed E-state index contributed by atoms with van der Waals surface area (Å²) in [6.07, 6.45) is 1.91. The van der Waals surface area contributed by atoms with Gasteiger partial charge >= 0.3 is 0 Å². The van der Waals surface area contributed by atoms with Crippen LogP contribution in [0.1, 0.15) is 0 Å². The number of carbonyl (C=O) groups is 1. The molecule has 0 bridgehead atoms. The van der Waals surface area contributed by atoms with Crippen molar-refractivity contribution in [2.45, 2.75) is 6.54 Å². The monoisotopic (exact) mass is 362 g/mol. The van der Waals surface area contributed by atoms with Crippen LogP contribution in [-0.2, 0) is 11.3 Å². The van der Waals surface area contributed by atoms with Crippen molar-refractivity contribution in [3.05, 3.63) is 64.2 Å². The first-order valence-electron chi connectivity index (χ1n) is 6.42. The molecule has 0 unspecified atom stereocenters. The van der Waals surface area contributed by atoms with Gasteiger partial charge in [-0.2, -0.15) is 0 Å². The van der Waals surface area contributed by atoms with Crippen LogP contribution in [0.2, 0.25) is 5.02 Å². The van der Waals surface area contributed by atoms with Crippen molar-refractivity contribution in [1.82, 2.24) is 4.57 Å². The highest BCUT2D eigenvalue weighted by Gasteiger charge is 2.08. The Morgan fingerprint density at radius 3 is 2.81 bits per heavy atom. The van der Waals surface area contributed by atoms with Crippen LogP contribution in [0.25, 0.3) is 10.9 Å². The van der Waals surface area contributed by atoms with E-state index in [9.17, 15) is 4.79 Å². The Kier molecular flexibility index (Phi) is 3.99. The van der Waals surface area contributed by atoms with Gasteiger partial charge in [-0.25, -0.2) is 0 Å². The number of rotatable bonds is 3. The fraction of sp³-hybridized carbons (Fsp3) is 0.0625. The van der Waals surface area contributed by atoms with E-state index in [1.54, 1.807) is 18.2 Å². The number of halogens is 2. The number of nitrogens with zero attached hydrogens (tertiary/aromatic N) is 1. The molecule has 1 N–H and O–H groups in total. The first kappa shape index (κ1) is 14.2. The summed E-state index contributed by atoms with van der Waals surface area (Å²) in [5, 5.41) is 4.54. The van der Waals surface area contributed by atoms with Crippen LogP contribution in [0, 0.1) is 0 Å². The zero-order valence-corrected chi connectivity index (χ0v) is 13.4. The molecule has 0 aliphatic heterocycles. The van der Waals surface area contributed by atoms with E-state index in [1.165, 1.54) is 0 Å². The van der Waals surface area contributed by atoms with Gasteiger partial charge in [0, 0.05) is 32.3 Å². The topological polar surface area (TPSA) is 34.0 Å². The molecule has 0 aliphatic carbocycles. The van der Waals surface area contributed by atoms with Crippen molar-refractivity contribution in [2.24, 2.45) is 0 Å². The van der Waals surface area contributed by atoms with Gasteiger partial charge in [-0.15, -0.1) is 0 Å². The van der Waals surface area contributed by atoms with E-state index < -0.39 is 0 Å². The van der Waals surface area contributed by atoms with Gasteiger partial charge in [-0.1, -0.05) is 39.7 Å². The maximum Gasteiger partial charge on any atom is 0.244 e. The molecule has 106 valence electrons. The molecule has 0 radical (unpaired) electrons. The molecule has 1 heterocycles. The first-order valence-corrected chi connectivity index (χ1v) is 7.59. The first-order chi connectivity index (χ1) is 10.1. The zero-order chi connectivity index (χ0) is 14.8. The Balaban J connectivity index is 1.79. The molecular formula is C16H12BrClN2O. The largest absolute Gasteiger partial charge is 0.338 e. The third-order valence-electron chi connectivity index (χ3n) is 3.18. The molecule has 0 aliphatic rings. The molecule has 0 saturated heterocycles. The summed E-state index contributed by atoms with van der Waals surface area (Å²) in [5.74, 6) is -0.0882. The maximum absolute atomic E-state index is 12.1. The third-order valence-corrected chi connectivity index (χ3v) is 4.11. The second-order valence-electron chi connectivity index (χ2n) is 4.67. The van der Waals surface area contributed by atoms with Crippen molar-refractivity contribution in [3.63, 3.8) is 0 Å². The number of hydrogen-bond acceptors (Lipinski definition) is 1. The quantitative estimate of drug-likeness (QED) is 0.719. The highest BCUT2D eigenvalue weighted by molar-refractivity contribution is 9.10. The molecule has 0 spiro atoms. The van der Waals surface area contributed by atoms with Gasteiger partial charge in [0.2, 0.25) is 5.91 Å². The van der Waals surface area contributed by atoms with Crippen molar-refractivity contribution in [3.8, 4) is 0 Å². The lowest BCUT2D eigenvalue weighted by Gasteiger charge is -2.08. The zero-order valence-electron chi connectivity index (χ0n) is 11.0. The molecule has 3 rings (SSSR count). The van der Waals surface area contributed by atoms with E-state index >= 15 is 0 Å². The van der Waals surface area contributed by atoms with Crippen LogP contribution < -0.4 is 5.32 Å². The van der Waals surface area contributed by atoms with Gasteiger partial charge in [0.15, 0.2) is 0 Å². The summed E-state index contributed by atoms with van der Waals surface area (Å²) >= 11 is 9.41. The number of anilines is 1. The van der Waals surface area contributed by atoms with E-state index in [-0.39, 0.29) is 12.5 Å². The summed E-state index contributed by atoms with van der Waals surface area (Å²) in [7, 11) is 0. The predicted octanol–water partition coefficient (Wildman–Crippen LogP) is 4.70. The molecule has 2 aromatic carbocycles. The molecule has 0 fully saturated rings. The van der Waals surface area contributed by atoms with Crippen LogP contribution in [0.15, 0.2) is 59.2 Å². The fourth-order valence-corrected chi connectivity index (χ4v) is 2.92. The number of carbonyl (C=O) groups excluding carboxylic acids is 1. The lowest BCUT2D eigenvalue weighted by Crippen LogP contribution is -2.18. The van der Waals surface area contributed by atoms with Gasteiger partial charge < -0.3 is 9.88 Å². The Hall–Kier alpha value is -1.78. The standard InChI is InChI=1S/C16H12BrClN2O/c17-14-5-2-6-15-13(14)7-8-20(15)10-16(21)19-12-4-1-3-11(18)9-12/h1-9H,10H2,(H,19,21). The Morgan fingerprint density at radius 2 is 2.00 bits per heavy atom. The van der Waals surface area contributed by atoms with Crippen molar-refractivity contribution in [1.29, 1.82) is 0 Å². The van der Waals surface area contributed by atoms with E-state index in [2.05, 4.69) is 21.2 Å². The molecule has 3 nitrogen and oxygen atoms in total. The summed E-state index contributed by atoms with van der Waals surface area (Å²) in [6.45, 7) is 0.256. The van der Waals surface area contributed by atoms with Crippen molar-refractivity contribution < 1.29 is 4.79 Å². The Bertz CT molecular complexity index is 813. The van der Waals surface area contributed by atoms with Crippen molar-refractivity contribution >= 4 is 50.0 Å². The van der Waals surface area contributed by atoms with Crippen molar-refractivity contribution in [2.75, 3.05) is 5.32 Å². The number of aromatic nitrogens is 1. The van der Waals surface area contributed by atoms with Crippen LogP contribution in [-0.4, -0.2) is 10.5 Å². The molecular weight excluding hydrogens is 352 g/mol. The van der Waals surface area contributed by atoms with Crippen LogP contribution in [0.4, 0.5) is 5.69 Å². The van der Waals surface area contributed by atoms with Gasteiger partial charge in [0.25, 0.3) is 0 Å². The smallest absolute Gasteiger partial charge is 0.244 e. The highest BCUT2D eigenvalue weighted by atomic mass is 79.9. The lowest BCUT2D eigenvalue weighted by molar-refractivity contribution is -0.116. The van der Waals surface area contributed by atoms with Crippen LogP contribution >= 0.6 is 27.5 Å². The SMILES string of the molecule is O=C(Cn1ccc2c(Br)cccc21)Nc1cccc(Cl)c1. The molecule has 3 aromatic rings. The minimum Gasteiger partial charge on any atom is -0.338 e. The van der Waals surface area contributed by atoms with Crippen LogP contribution in [0.3, 0.4) is 0 Å². The fourth-order valence-electron chi connectivity index (χ4n) is 2.25. The normalized spacial score (nSPS) is 10.8. The third kappa shape index (κ3) is 3.12. The van der Waals surface area contributed by atoms with Crippen LogP contribution in [0.5, 0.6) is 0 Å². The van der Waals surface area contributed by atoms with Gasteiger partial charge in [-0.05, 0) is 36.4 Å². The van der Waals surface area contributed by atoms with Gasteiger partial charge in [-0.3, -0.25) is 4.79 Å². The van der Waals surface area contributed by atoms with Gasteiger partial charge in [0.1, 0.15) is 6.54 Å². The van der Waals surface area contributed by atoms with E-state index in [4.69, 9.17) is 11.6 Å². The average molecular weight is 364 g/mol. The van der Waals surface area contributed by atoms with E-state index in [0.29, 0.717) is 10.7 Å². The van der Waals surface area contributed by atoms with Gasteiger partial charge in [0.05, 0.1) is 0 Å². The number of fused-ring (bicyclic) bond motifs is 1. The number of benzene rings is 2. The second-order valence-corrected chi connectivity index (χ2v) is 5.97. The number of nitrogens with one attached hydrogen (secondary N) is 1. The lowest BCUT2D eigenvalue weighted by atomic mass is 10.2. The van der Waals surface area contributed by atoms with E-state index in [0.717, 1.165) is 15.4 Å². The maximum atomic E-state index is 12.1. The molecule has 0 saturated carbocycles. The summed E-state index contributed by atoms with van der Waals surface area (Å²) in [5.41, 5.74) is 1.72. The number of hydrogen-bond donors (Lipinski definition) is 1.